The van der Waals surface area contributed by atoms with Crippen LogP contribution in [0.1, 0.15) is 6.42 Å². The molecule has 0 bridgehead atoms. The molecule has 0 unspecified atom stereocenters. The number of rotatable bonds is 2. The lowest BCUT2D eigenvalue weighted by Crippen LogP contribution is -2.28. The molecule has 6 heteroatoms. The number of anilines is 1. The normalized spacial score (nSPS) is 15.7. The molecule has 23 heavy (non-hydrogen) atoms. The Balaban J connectivity index is 1.85. The largest absolute Gasteiger partial charge is 0.508 e. The first kappa shape index (κ1) is 14.0. The highest BCUT2D eigenvalue weighted by molar-refractivity contribution is 5.86. The monoisotopic (exact) mass is 308 g/mol. The molecule has 2 aromatic heterocycles. The minimum Gasteiger partial charge on any atom is -0.508 e. The number of nitrogens with zero attached hydrogens (tertiary/aromatic N) is 3. The lowest BCUT2D eigenvalue weighted by atomic mass is 10.1. The minimum absolute atomic E-state index is 0.251. The van der Waals surface area contributed by atoms with E-state index in [2.05, 4.69) is 26.5 Å². The lowest BCUT2D eigenvalue weighted by Gasteiger charge is -2.24. The van der Waals surface area contributed by atoms with Gasteiger partial charge in [-0.05, 0) is 37.2 Å². The summed E-state index contributed by atoms with van der Waals surface area (Å²) in [4.78, 5) is 7.07. The summed E-state index contributed by atoms with van der Waals surface area (Å²) in [5.74, 6) is 0.251. The number of phenols is 1. The van der Waals surface area contributed by atoms with Gasteiger partial charge in [0.25, 0.3) is 0 Å². The van der Waals surface area contributed by atoms with Gasteiger partial charge in [-0.1, -0.05) is 0 Å². The third-order valence-corrected chi connectivity index (χ3v) is 4.12. The topological polar surface area (TPSA) is 77.1 Å². The van der Waals surface area contributed by atoms with Crippen LogP contribution in [0.4, 0.5) is 5.69 Å². The minimum atomic E-state index is 0.251. The second-order valence-corrected chi connectivity index (χ2v) is 5.70. The maximum Gasteiger partial charge on any atom is 0.156 e. The average molecular weight is 308 g/mol. The number of H-pyrrole nitrogens is 1. The number of hydrogen-bond acceptors (Lipinski definition) is 5. The number of aromatic nitrogens is 3. The van der Waals surface area contributed by atoms with Gasteiger partial charge in [0.1, 0.15) is 5.75 Å². The van der Waals surface area contributed by atoms with Crippen LogP contribution in [0.3, 0.4) is 0 Å². The van der Waals surface area contributed by atoms with E-state index in [4.69, 9.17) is 4.98 Å². The molecule has 117 valence electrons. The van der Waals surface area contributed by atoms with Crippen LogP contribution < -0.4 is 10.2 Å². The number of fused-ring (bicyclic) bond motifs is 1. The van der Waals surface area contributed by atoms with Gasteiger partial charge in [0.2, 0.25) is 0 Å². The fourth-order valence-electron chi connectivity index (χ4n) is 2.93. The zero-order valence-corrected chi connectivity index (χ0v) is 12.7. The van der Waals surface area contributed by atoms with E-state index in [1.54, 1.807) is 18.3 Å². The molecule has 1 aromatic carbocycles. The number of aromatic hydroxyl groups is 1. The van der Waals surface area contributed by atoms with Gasteiger partial charge >= 0.3 is 0 Å². The van der Waals surface area contributed by atoms with Crippen molar-refractivity contribution in [2.24, 2.45) is 0 Å². The Kier molecular flexibility index (Phi) is 3.59. The van der Waals surface area contributed by atoms with Crippen LogP contribution >= 0.6 is 0 Å². The molecule has 6 nitrogen and oxygen atoms in total. The second-order valence-electron chi connectivity index (χ2n) is 5.70. The van der Waals surface area contributed by atoms with E-state index in [9.17, 15) is 5.11 Å². The Hall–Kier alpha value is -2.60. The van der Waals surface area contributed by atoms with E-state index in [1.807, 2.05) is 12.1 Å². The Bertz CT molecular complexity index is 803. The van der Waals surface area contributed by atoms with Crippen molar-refractivity contribution in [2.75, 3.05) is 31.1 Å². The zero-order chi connectivity index (χ0) is 15.6. The maximum atomic E-state index is 9.53. The van der Waals surface area contributed by atoms with Crippen molar-refractivity contribution in [3.63, 3.8) is 0 Å². The van der Waals surface area contributed by atoms with Crippen molar-refractivity contribution in [3.05, 3.63) is 36.5 Å². The van der Waals surface area contributed by atoms with Crippen LogP contribution in [0.5, 0.6) is 5.75 Å². The molecule has 4 rings (SSSR count). The number of aromatic amines is 1. The lowest BCUT2D eigenvalue weighted by molar-refractivity contribution is 0.475. The van der Waals surface area contributed by atoms with Gasteiger partial charge in [0.15, 0.2) is 5.65 Å². The van der Waals surface area contributed by atoms with E-state index in [0.29, 0.717) is 0 Å². The third-order valence-electron chi connectivity index (χ3n) is 4.12. The molecule has 1 aliphatic heterocycles. The van der Waals surface area contributed by atoms with Gasteiger partial charge < -0.3 is 15.3 Å². The Labute approximate surface area is 134 Å². The summed E-state index contributed by atoms with van der Waals surface area (Å²) >= 11 is 0. The number of phenolic OH excluding ortho intramolecular Hbond substituents is 1. The smallest absolute Gasteiger partial charge is 0.156 e. The summed E-state index contributed by atoms with van der Waals surface area (Å²) in [5, 5.41) is 20.8. The average Bonchev–Trinajstić information content (AvgIpc) is 2.86. The van der Waals surface area contributed by atoms with Gasteiger partial charge in [-0.3, -0.25) is 5.10 Å². The maximum absolute atomic E-state index is 9.53. The summed E-state index contributed by atoms with van der Waals surface area (Å²) in [7, 11) is 0. The van der Waals surface area contributed by atoms with Crippen LogP contribution in [0.2, 0.25) is 0 Å². The molecule has 1 aliphatic rings. The van der Waals surface area contributed by atoms with Gasteiger partial charge in [0.05, 0.1) is 17.6 Å². The van der Waals surface area contributed by atoms with Crippen LogP contribution in [0.25, 0.3) is 22.3 Å². The van der Waals surface area contributed by atoms with E-state index in [1.165, 1.54) is 0 Å². The highest BCUT2D eigenvalue weighted by atomic mass is 16.3. The number of hydrogen-bond donors (Lipinski definition) is 3. The summed E-state index contributed by atoms with van der Waals surface area (Å²) in [5.41, 5.74) is 3.55. The van der Waals surface area contributed by atoms with E-state index in [0.717, 1.165) is 60.6 Å². The summed E-state index contributed by atoms with van der Waals surface area (Å²) in [6.45, 7) is 3.88. The molecule has 3 aromatic rings. The number of pyridine rings is 1. The SMILES string of the molecule is Oc1ccc(-c2nc3[nH]ncc3[c]c2N2CCCNCC2)cc1. The van der Waals surface area contributed by atoms with Crippen molar-refractivity contribution < 1.29 is 5.11 Å². The summed E-state index contributed by atoms with van der Waals surface area (Å²) in [6, 6.07) is 10.6. The van der Waals surface area contributed by atoms with E-state index in [-0.39, 0.29) is 5.75 Å². The molecule has 0 spiro atoms. The predicted molar refractivity (Wildman–Crippen MR) is 89.5 cm³/mol. The Morgan fingerprint density at radius 3 is 2.87 bits per heavy atom. The third kappa shape index (κ3) is 2.73. The fraction of sp³-hybridized carbons (Fsp3) is 0.294. The molecular weight excluding hydrogens is 290 g/mol. The van der Waals surface area contributed by atoms with Crippen LogP contribution in [0, 0.1) is 6.07 Å². The van der Waals surface area contributed by atoms with Crippen molar-refractivity contribution in [1.29, 1.82) is 0 Å². The van der Waals surface area contributed by atoms with E-state index >= 15 is 0 Å². The van der Waals surface area contributed by atoms with Crippen LogP contribution in [-0.4, -0.2) is 46.5 Å². The van der Waals surface area contributed by atoms with Crippen molar-refractivity contribution in [1.82, 2.24) is 20.5 Å². The Morgan fingerprint density at radius 2 is 2.00 bits per heavy atom. The first-order valence-corrected chi connectivity index (χ1v) is 7.83. The van der Waals surface area contributed by atoms with Crippen LogP contribution in [0.15, 0.2) is 30.5 Å². The molecular formula is C17H18N5O. The predicted octanol–water partition coefficient (Wildman–Crippen LogP) is 1.93. The molecule has 0 atom stereocenters. The zero-order valence-electron chi connectivity index (χ0n) is 12.7. The van der Waals surface area contributed by atoms with Crippen molar-refractivity contribution in [3.8, 4) is 17.0 Å². The Morgan fingerprint density at radius 1 is 1.13 bits per heavy atom. The molecule has 1 saturated heterocycles. The van der Waals surface area contributed by atoms with Gasteiger partial charge in [-0.15, -0.1) is 0 Å². The van der Waals surface area contributed by atoms with Gasteiger partial charge in [-0.2, -0.15) is 5.10 Å². The van der Waals surface area contributed by atoms with Gasteiger partial charge in [-0.25, -0.2) is 4.98 Å². The molecule has 0 aliphatic carbocycles. The summed E-state index contributed by atoms with van der Waals surface area (Å²) < 4.78 is 0. The number of nitrogens with one attached hydrogen (secondary N) is 2. The van der Waals surface area contributed by atoms with Crippen molar-refractivity contribution in [2.45, 2.75) is 6.42 Å². The second kappa shape index (κ2) is 5.89. The molecule has 1 radical (unpaired) electrons. The van der Waals surface area contributed by atoms with Crippen LogP contribution in [-0.2, 0) is 0 Å². The van der Waals surface area contributed by atoms with Gasteiger partial charge in [0, 0.05) is 36.7 Å². The standard InChI is InChI=1S/C17H18N5O/c23-14-4-2-12(3-5-14)16-15(22-8-1-6-18-7-9-22)10-13-11-19-21-17(13)20-16/h2-5,11,18,23H,1,6-9H2,(H,19,20,21). The summed E-state index contributed by atoms with van der Waals surface area (Å²) in [6.07, 6.45) is 2.84. The van der Waals surface area contributed by atoms with E-state index < -0.39 is 0 Å². The molecule has 3 heterocycles. The highest BCUT2D eigenvalue weighted by Crippen LogP contribution is 2.32. The molecule has 3 N–H and O–H groups in total. The fourth-order valence-corrected chi connectivity index (χ4v) is 2.93. The van der Waals surface area contributed by atoms with Crippen molar-refractivity contribution >= 4 is 16.7 Å². The molecule has 1 fully saturated rings. The quantitative estimate of drug-likeness (QED) is 0.674. The first-order chi connectivity index (χ1) is 11.3. The highest BCUT2D eigenvalue weighted by Gasteiger charge is 2.18. The first-order valence-electron chi connectivity index (χ1n) is 7.83. The molecule has 0 saturated carbocycles. The number of benzene rings is 1. The molecule has 0 amide bonds.